The molecule has 1 aliphatic heterocycles. The van der Waals surface area contributed by atoms with Crippen LogP contribution in [0.1, 0.15) is 24.2 Å². The van der Waals surface area contributed by atoms with Gasteiger partial charge in [-0.1, -0.05) is 15.9 Å². The average molecular weight is 243 g/mol. The Labute approximate surface area is 85.7 Å². The summed E-state index contributed by atoms with van der Waals surface area (Å²) in [6.07, 6.45) is 0.871. The summed E-state index contributed by atoms with van der Waals surface area (Å²) < 4.78 is 6.52. The zero-order chi connectivity index (χ0) is 9.42. The molecule has 0 saturated carbocycles. The molecule has 2 rings (SSSR count). The van der Waals surface area contributed by atoms with Gasteiger partial charge in [-0.25, -0.2) is 0 Å². The fourth-order valence-electron chi connectivity index (χ4n) is 1.75. The van der Waals surface area contributed by atoms with Crippen LogP contribution < -0.4 is 0 Å². The summed E-state index contributed by atoms with van der Waals surface area (Å²) in [5, 5.41) is 9.65. The SMILES string of the molecule is CC1OCCc2c(Br)ccc(O)c21. The van der Waals surface area contributed by atoms with Gasteiger partial charge in [0.2, 0.25) is 0 Å². The van der Waals surface area contributed by atoms with Gasteiger partial charge >= 0.3 is 0 Å². The van der Waals surface area contributed by atoms with Gasteiger partial charge in [0.25, 0.3) is 0 Å². The maximum absolute atomic E-state index is 9.65. The number of benzene rings is 1. The van der Waals surface area contributed by atoms with Crippen LogP contribution in [0.5, 0.6) is 5.75 Å². The third-order valence-corrected chi connectivity index (χ3v) is 3.15. The molecular formula is C10H11BrO2. The molecule has 1 atom stereocenters. The lowest BCUT2D eigenvalue weighted by molar-refractivity contribution is 0.0534. The second-order valence-electron chi connectivity index (χ2n) is 3.22. The van der Waals surface area contributed by atoms with E-state index in [1.807, 2.05) is 13.0 Å². The van der Waals surface area contributed by atoms with Crippen LogP contribution in [0.2, 0.25) is 0 Å². The number of aromatic hydroxyl groups is 1. The normalized spacial score (nSPS) is 21.2. The second-order valence-corrected chi connectivity index (χ2v) is 4.08. The van der Waals surface area contributed by atoms with E-state index >= 15 is 0 Å². The minimum absolute atomic E-state index is 0.00116. The molecule has 1 aliphatic rings. The van der Waals surface area contributed by atoms with Crippen molar-refractivity contribution < 1.29 is 9.84 Å². The van der Waals surface area contributed by atoms with Crippen molar-refractivity contribution in [1.29, 1.82) is 0 Å². The van der Waals surface area contributed by atoms with Crippen LogP contribution in [-0.4, -0.2) is 11.7 Å². The number of ether oxygens (including phenoxy) is 1. The molecule has 70 valence electrons. The molecular weight excluding hydrogens is 232 g/mol. The highest BCUT2D eigenvalue weighted by molar-refractivity contribution is 9.10. The minimum atomic E-state index is 0.00116. The molecule has 0 radical (unpaired) electrons. The van der Waals surface area contributed by atoms with Crippen molar-refractivity contribution in [2.75, 3.05) is 6.61 Å². The average Bonchev–Trinajstić information content (AvgIpc) is 2.12. The number of phenolic OH excluding ortho intramolecular Hbond substituents is 1. The van der Waals surface area contributed by atoms with Crippen LogP contribution in [0.3, 0.4) is 0 Å². The molecule has 0 spiro atoms. The van der Waals surface area contributed by atoms with Crippen molar-refractivity contribution >= 4 is 15.9 Å². The smallest absolute Gasteiger partial charge is 0.121 e. The molecule has 0 saturated heterocycles. The lowest BCUT2D eigenvalue weighted by atomic mass is 9.97. The zero-order valence-corrected chi connectivity index (χ0v) is 8.97. The van der Waals surface area contributed by atoms with Gasteiger partial charge < -0.3 is 9.84 Å². The maximum Gasteiger partial charge on any atom is 0.121 e. The Morgan fingerprint density at radius 2 is 2.31 bits per heavy atom. The number of fused-ring (bicyclic) bond motifs is 1. The fourth-order valence-corrected chi connectivity index (χ4v) is 2.30. The summed E-state index contributed by atoms with van der Waals surface area (Å²) in [4.78, 5) is 0. The Balaban J connectivity index is 2.60. The first-order valence-corrected chi connectivity index (χ1v) is 5.11. The van der Waals surface area contributed by atoms with Crippen LogP contribution >= 0.6 is 15.9 Å². The van der Waals surface area contributed by atoms with Crippen LogP contribution in [0.4, 0.5) is 0 Å². The van der Waals surface area contributed by atoms with E-state index in [1.165, 1.54) is 5.56 Å². The molecule has 1 heterocycles. The third-order valence-electron chi connectivity index (χ3n) is 2.40. The first-order valence-electron chi connectivity index (χ1n) is 4.32. The van der Waals surface area contributed by atoms with E-state index < -0.39 is 0 Å². The van der Waals surface area contributed by atoms with Crippen molar-refractivity contribution in [3.63, 3.8) is 0 Å². The van der Waals surface area contributed by atoms with Crippen molar-refractivity contribution in [1.82, 2.24) is 0 Å². The molecule has 0 aliphatic carbocycles. The Morgan fingerprint density at radius 3 is 3.00 bits per heavy atom. The number of phenols is 1. The number of halogens is 1. The molecule has 13 heavy (non-hydrogen) atoms. The maximum atomic E-state index is 9.65. The Bertz CT molecular complexity index is 336. The number of rotatable bonds is 0. The van der Waals surface area contributed by atoms with E-state index in [1.54, 1.807) is 6.07 Å². The van der Waals surface area contributed by atoms with E-state index in [0.717, 1.165) is 23.1 Å². The molecule has 1 aromatic rings. The number of hydrogen-bond donors (Lipinski definition) is 1. The van der Waals surface area contributed by atoms with E-state index in [2.05, 4.69) is 15.9 Å². The number of hydrogen-bond acceptors (Lipinski definition) is 2. The van der Waals surface area contributed by atoms with Crippen molar-refractivity contribution in [2.24, 2.45) is 0 Å². The van der Waals surface area contributed by atoms with Gasteiger partial charge in [-0.3, -0.25) is 0 Å². The third kappa shape index (κ3) is 1.46. The summed E-state index contributed by atoms with van der Waals surface area (Å²) in [6, 6.07) is 3.58. The first-order chi connectivity index (χ1) is 6.20. The molecule has 1 unspecified atom stereocenters. The van der Waals surface area contributed by atoms with Crippen molar-refractivity contribution in [2.45, 2.75) is 19.4 Å². The highest BCUT2D eigenvalue weighted by atomic mass is 79.9. The lowest BCUT2D eigenvalue weighted by Gasteiger charge is -2.24. The second kappa shape index (κ2) is 3.31. The highest BCUT2D eigenvalue weighted by Crippen LogP contribution is 2.37. The summed E-state index contributed by atoms with van der Waals surface area (Å²) in [6.45, 7) is 2.69. The molecule has 2 nitrogen and oxygen atoms in total. The van der Waals surface area contributed by atoms with Gasteiger partial charge in [0.05, 0.1) is 12.7 Å². The van der Waals surface area contributed by atoms with E-state index in [4.69, 9.17) is 4.74 Å². The fraction of sp³-hybridized carbons (Fsp3) is 0.400. The monoisotopic (exact) mass is 242 g/mol. The predicted octanol–water partition coefficient (Wildman–Crippen LogP) is 2.79. The molecule has 0 bridgehead atoms. The Kier molecular flexibility index (Phi) is 2.30. The van der Waals surface area contributed by atoms with Gasteiger partial charge in [0.15, 0.2) is 0 Å². The molecule has 0 fully saturated rings. The van der Waals surface area contributed by atoms with Crippen molar-refractivity contribution in [3.05, 3.63) is 27.7 Å². The van der Waals surface area contributed by atoms with Gasteiger partial charge in [0, 0.05) is 10.0 Å². The van der Waals surface area contributed by atoms with Crippen molar-refractivity contribution in [3.8, 4) is 5.75 Å². The van der Waals surface area contributed by atoms with Gasteiger partial charge in [-0.2, -0.15) is 0 Å². The molecule has 1 aromatic carbocycles. The zero-order valence-electron chi connectivity index (χ0n) is 7.38. The van der Waals surface area contributed by atoms with E-state index in [9.17, 15) is 5.11 Å². The van der Waals surface area contributed by atoms with Gasteiger partial charge in [-0.05, 0) is 31.0 Å². The summed E-state index contributed by atoms with van der Waals surface area (Å²) in [5.41, 5.74) is 2.11. The first kappa shape index (κ1) is 9.03. The Hall–Kier alpha value is -0.540. The lowest BCUT2D eigenvalue weighted by Crippen LogP contribution is -2.14. The van der Waals surface area contributed by atoms with E-state index in [0.29, 0.717) is 5.75 Å². The summed E-state index contributed by atoms with van der Waals surface area (Å²) in [5.74, 6) is 0.338. The van der Waals surface area contributed by atoms with Gasteiger partial charge in [0.1, 0.15) is 5.75 Å². The van der Waals surface area contributed by atoms with Crippen LogP contribution in [-0.2, 0) is 11.2 Å². The predicted molar refractivity (Wildman–Crippen MR) is 53.9 cm³/mol. The summed E-state index contributed by atoms with van der Waals surface area (Å²) in [7, 11) is 0. The molecule has 0 amide bonds. The largest absolute Gasteiger partial charge is 0.508 e. The standard InChI is InChI=1S/C10H11BrO2/c1-6-10-7(4-5-13-6)8(11)2-3-9(10)12/h2-3,6,12H,4-5H2,1H3. The van der Waals surface area contributed by atoms with E-state index in [-0.39, 0.29) is 6.10 Å². The molecule has 3 heteroatoms. The summed E-state index contributed by atoms with van der Waals surface area (Å²) >= 11 is 3.48. The quantitative estimate of drug-likeness (QED) is 0.759. The van der Waals surface area contributed by atoms with Gasteiger partial charge in [-0.15, -0.1) is 0 Å². The molecule has 1 N–H and O–H groups in total. The topological polar surface area (TPSA) is 29.5 Å². The molecule has 0 aromatic heterocycles. The van der Waals surface area contributed by atoms with Crippen LogP contribution in [0.25, 0.3) is 0 Å². The van der Waals surface area contributed by atoms with Crippen LogP contribution in [0, 0.1) is 0 Å². The highest BCUT2D eigenvalue weighted by Gasteiger charge is 2.22. The van der Waals surface area contributed by atoms with Crippen LogP contribution in [0.15, 0.2) is 16.6 Å². The Morgan fingerprint density at radius 1 is 1.54 bits per heavy atom. The minimum Gasteiger partial charge on any atom is -0.508 e.